The van der Waals surface area contributed by atoms with Gasteiger partial charge in [0.25, 0.3) is 0 Å². The molecule has 0 saturated carbocycles. The van der Waals surface area contributed by atoms with Crippen LogP contribution in [0.4, 0.5) is 5.82 Å². The van der Waals surface area contributed by atoms with E-state index in [0.717, 1.165) is 12.0 Å². The lowest BCUT2D eigenvalue weighted by Crippen LogP contribution is -2.17. The van der Waals surface area contributed by atoms with Gasteiger partial charge in [0.1, 0.15) is 17.5 Å². The number of nitrogens with zero attached hydrogens (tertiary/aromatic N) is 2. The maximum Gasteiger partial charge on any atom is 0.225 e. The topological polar surface area (TPSA) is 95.3 Å². The van der Waals surface area contributed by atoms with Crippen LogP contribution in [0.1, 0.15) is 35.8 Å². The normalized spacial score (nSPS) is 11.7. The standard InChI is InChI=1S/C27H25N3O3/c31-22-16-14-20(15-17-22)23-18-28-27(25(29-23)26(33)21-11-5-2-6-12-21)30-24(32)13-7-10-19-8-3-1-4-9-19/h1-6,8-9,11-12,14-18,26,31,33H,7,10,13H2,(H,28,30,32). The molecule has 4 aromatic rings. The van der Waals surface area contributed by atoms with Crippen molar-refractivity contribution in [2.45, 2.75) is 25.4 Å². The molecule has 0 radical (unpaired) electrons. The zero-order chi connectivity index (χ0) is 23.0. The molecule has 0 fully saturated rings. The van der Waals surface area contributed by atoms with Gasteiger partial charge in [0, 0.05) is 12.0 Å². The molecule has 0 spiro atoms. The summed E-state index contributed by atoms with van der Waals surface area (Å²) in [5, 5.41) is 23.4. The van der Waals surface area contributed by atoms with E-state index in [1.54, 1.807) is 42.6 Å². The number of phenolic OH excluding ortho intramolecular Hbond substituents is 1. The maximum atomic E-state index is 12.6. The number of anilines is 1. The van der Waals surface area contributed by atoms with Gasteiger partial charge in [0.05, 0.1) is 11.9 Å². The summed E-state index contributed by atoms with van der Waals surface area (Å²) in [5.74, 6) is 0.202. The first-order valence-corrected chi connectivity index (χ1v) is 10.8. The monoisotopic (exact) mass is 439 g/mol. The van der Waals surface area contributed by atoms with Gasteiger partial charge in [0.15, 0.2) is 5.82 Å². The number of aromatic nitrogens is 2. The summed E-state index contributed by atoms with van der Waals surface area (Å²) in [5.41, 5.74) is 3.37. The average Bonchev–Trinajstić information content (AvgIpc) is 2.85. The molecule has 3 aromatic carbocycles. The number of carbonyl (C=O) groups is 1. The molecule has 6 heteroatoms. The molecule has 166 valence electrons. The highest BCUT2D eigenvalue weighted by atomic mass is 16.3. The molecule has 1 aromatic heterocycles. The molecular formula is C27H25N3O3. The summed E-state index contributed by atoms with van der Waals surface area (Å²) in [6, 6.07) is 25.7. The van der Waals surface area contributed by atoms with Crippen molar-refractivity contribution in [2.75, 3.05) is 5.32 Å². The first-order valence-electron chi connectivity index (χ1n) is 10.8. The highest BCUT2D eigenvalue weighted by Crippen LogP contribution is 2.29. The van der Waals surface area contributed by atoms with Gasteiger partial charge in [-0.3, -0.25) is 4.79 Å². The highest BCUT2D eigenvalue weighted by molar-refractivity contribution is 5.90. The minimum absolute atomic E-state index is 0.149. The van der Waals surface area contributed by atoms with E-state index in [-0.39, 0.29) is 23.2 Å². The molecular weight excluding hydrogens is 414 g/mol. The van der Waals surface area contributed by atoms with Crippen LogP contribution in [0.5, 0.6) is 5.75 Å². The highest BCUT2D eigenvalue weighted by Gasteiger charge is 2.20. The third-order valence-corrected chi connectivity index (χ3v) is 5.31. The Morgan fingerprint density at radius 1 is 0.909 bits per heavy atom. The van der Waals surface area contributed by atoms with E-state index >= 15 is 0 Å². The fourth-order valence-corrected chi connectivity index (χ4v) is 3.55. The van der Waals surface area contributed by atoms with E-state index in [1.165, 1.54) is 5.56 Å². The molecule has 0 aliphatic carbocycles. The molecule has 3 N–H and O–H groups in total. The molecule has 1 unspecified atom stereocenters. The number of amides is 1. The van der Waals surface area contributed by atoms with Gasteiger partial charge < -0.3 is 15.5 Å². The van der Waals surface area contributed by atoms with Crippen molar-refractivity contribution in [1.82, 2.24) is 9.97 Å². The van der Waals surface area contributed by atoms with E-state index in [9.17, 15) is 15.0 Å². The summed E-state index contributed by atoms with van der Waals surface area (Å²) in [6.07, 6.45) is 2.32. The zero-order valence-corrected chi connectivity index (χ0v) is 18.1. The van der Waals surface area contributed by atoms with Crippen molar-refractivity contribution >= 4 is 11.7 Å². The third kappa shape index (κ3) is 5.81. The number of aliphatic hydroxyl groups is 1. The minimum atomic E-state index is -1.06. The van der Waals surface area contributed by atoms with E-state index in [2.05, 4.69) is 15.3 Å². The van der Waals surface area contributed by atoms with Crippen molar-refractivity contribution in [3.05, 3.63) is 108 Å². The van der Waals surface area contributed by atoms with Crippen LogP contribution < -0.4 is 5.32 Å². The van der Waals surface area contributed by atoms with Crippen LogP contribution in [0, 0.1) is 0 Å². The Morgan fingerprint density at radius 3 is 2.27 bits per heavy atom. The number of hydrogen-bond donors (Lipinski definition) is 3. The predicted molar refractivity (Wildman–Crippen MR) is 128 cm³/mol. The number of aliphatic hydroxyl groups excluding tert-OH is 1. The Balaban J connectivity index is 1.55. The Bertz CT molecular complexity index is 1200. The molecule has 1 heterocycles. The first-order chi connectivity index (χ1) is 16.1. The predicted octanol–water partition coefficient (Wildman–Crippen LogP) is 4.89. The van der Waals surface area contributed by atoms with E-state index in [1.807, 2.05) is 48.5 Å². The largest absolute Gasteiger partial charge is 0.508 e. The average molecular weight is 440 g/mol. The SMILES string of the molecule is O=C(CCCc1ccccc1)Nc1ncc(-c2ccc(O)cc2)nc1C(O)c1ccccc1. The van der Waals surface area contributed by atoms with Gasteiger partial charge in [-0.2, -0.15) is 0 Å². The number of carbonyl (C=O) groups excluding carboxylic acids is 1. The van der Waals surface area contributed by atoms with E-state index in [0.29, 0.717) is 24.1 Å². The minimum Gasteiger partial charge on any atom is -0.508 e. The Morgan fingerprint density at radius 2 is 1.58 bits per heavy atom. The van der Waals surface area contributed by atoms with Crippen LogP contribution in [0.25, 0.3) is 11.3 Å². The second kappa shape index (κ2) is 10.5. The van der Waals surface area contributed by atoms with Gasteiger partial charge in [-0.15, -0.1) is 0 Å². The van der Waals surface area contributed by atoms with Gasteiger partial charge in [0.2, 0.25) is 5.91 Å². The number of hydrogen-bond acceptors (Lipinski definition) is 5. The van der Waals surface area contributed by atoms with Crippen molar-refractivity contribution in [2.24, 2.45) is 0 Å². The van der Waals surface area contributed by atoms with E-state index < -0.39 is 6.10 Å². The van der Waals surface area contributed by atoms with Crippen LogP contribution in [-0.2, 0) is 11.2 Å². The lowest BCUT2D eigenvalue weighted by molar-refractivity contribution is -0.116. The molecule has 6 nitrogen and oxygen atoms in total. The Kier molecular flexibility index (Phi) is 7.07. The van der Waals surface area contributed by atoms with Gasteiger partial charge in [-0.25, -0.2) is 9.97 Å². The fourth-order valence-electron chi connectivity index (χ4n) is 3.55. The number of rotatable bonds is 8. The van der Waals surface area contributed by atoms with E-state index in [4.69, 9.17) is 0 Å². The summed E-state index contributed by atoms with van der Waals surface area (Å²) in [4.78, 5) is 21.7. The van der Waals surface area contributed by atoms with Crippen LogP contribution in [0.2, 0.25) is 0 Å². The zero-order valence-electron chi connectivity index (χ0n) is 18.1. The van der Waals surface area contributed by atoms with Crippen molar-refractivity contribution < 1.29 is 15.0 Å². The number of benzene rings is 3. The van der Waals surface area contributed by atoms with Gasteiger partial charge in [-0.1, -0.05) is 60.7 Å². The first kappa shape index (κ1) is 22.2. The lowest BCUT2D eigenvalue weighted by atomic mass is 10.1. The molecule has 0 bridgehead atoms. The van der Waals surface area contributed by atoms with Crippen LogP contribution >= 0.6 is 0 Å². The summed E-state index contributed by atoms with van der Waals surface area (Å²) < 4.78 is 0. The molecule has 33 heavy (non-hydrogen) atoms. The second-order valence-electron chi connectivity index (χ2n) is 7.74. The second-order valence-corrected chi connectivity index (χ2v) is 7.74. The van der Waals surface area contributed by atoms with Crippen molar-refractivity contribution in [3.8, 4) is 17.0 Å². The number of nitrogens with one attached hydrogen (secondary N) is 1. The maximum absolute atomic E-state index is 12.6. The Labute approximate surface area is 192 Å². The Hall–Kier alpha value is -4.03. The van der Waals surface area contributed by atoms with Crippen LogP contribution in [0.15, 0.2) is 91.1 Å². The smallest absolute Gasteiger partial charge is 0.225 e. The van der Waals surface area contributed by atoms with Gasteiger partial charge >= 0.3 is 0 Å². The third-order valence-electron chi connectivity index (χ3n) is 5.31. The summed E-state index contributed by atoms with van der Waals surface area (Å²) in [7, 11) is 0. The van der Waals surface area contributed by atoms with Crippen molar-refractivity contribution in [3.63, 3.8) is 0 Å². The quantitative estimate of drug-likeness (QED) is 0.363. The number of aromatic hydroxyl groups is 1. The molecule has 0 aliphatic rings. The lowest BCUT2D eigenvalue weighted by Gasteiger charge is -2.16. The van der Waals surface area contributed by atoms with Gasteiger partial charge in [-0.05, 0) is 48.2 Å². The summed E-state index contributed by atoms with van der Waals surface area (Å²) >= 11 is 0. The number of phenols is 1. The van der Waals surface area contributed by atoms with Crippen LogP contribution in [0.3, 0.4) is 0 Å². The fraction of sp³-hybridized carbons (Fsp3) is 0.148. The molecule has 1 atom stereocenters. The molecule has 1 amide bonds. The summed E-state index contributed by atoms with van der Waals surface area (Å²) in [6.45, 7) is 0. The molecule has 0 aliphatic heterocycles. The molecule has 4 rings (SSSR count). The number of aryl methyl sites for hydroxylation is 1. The molecule has 0 saturated heterocycles. The van der Waals surface area contributed by atoms with Crippen LogP contribution in [-0.4, -0.2) is 26.1 Å². The van der Waals surface area contributed by atoms with Crippen molar-refractivity contribution in [1.29, 1.82) is 0 Å².